The van der Waals surface area contributed by atoms with E-state index in [1.54, 1.807) is 0 Å². The third-order valence-electron chi connectivity index (χ3n) is 2.70. The Morgan fingerprint density at radius 2 is 2.06 bits per heavy atom. The van der Waals surface area contributed by atoms with Crippen LogP contribution in [0.2, 0.25) is 0 Å². The Hall–Kier alpha value is -1.76. The Morgan fingerprint density at radius 3 is 2.67 bits per heavy atom. The fourth-order valence-electron chi connectivity index (χ4n) is 1.85. The van der Waals surface area contributed by atoms with Gasteiger partial charge in [-0.25, -0.2) is 4.79 Å². The van der Waals surface area contributed by atoms with Crippen molar-refractivity contribution < 1.29 is 22.7 Å². The smallest absolute Gasteiger partial charge is 0.418 e. The molecule has 2 rings (SSSR count). The van der Waals surface area contributed by atoms with Crippen molar-refractivity contribution in [1.29, 1.82) is 0 Å². The van der Waals surface area contributed by atoms with Gasteiger partial charge < -0.3 is 10.5 Å². The molecule has 1 amide bonds. The maximum absolute atomic E-state index is 12.8. The number of benzene rings is 1. The van der Waals surface area contributed by atoms with Crippen LogP contribution in [0.3, 0.4) is 0 Å². The molecule has 98 valence electrons. The van der Waals surface area contributed by atoms with Gasteiger partial charge in [-0.1, -0.05) is 12.1 Å². The van der Waals surface area contributed by atoms with Crippen LogP contribution in [0.1, 0.15) is 5.56 Å². The standard InChI is InChI=1S/C11H11F3N2O2/c12-11(13,14)8-3-1-2-4-9(8)16-7(5-15)6-18-10(16)17/h1-4,7H,5-6,15H2. The Morgan fingerprint density at radius 1 is 1.39 bits per heavy atom. The predicted octanol–water partition coefficient (Wildman–Crippen LogP) is 1.99. The van der Waals surface area contributed by atoms with Crippen molar-refractivity contribution in [3.63, 3.8) is 0 Å². The number of nitrogens with zero attached hydrogens (tertiary/aromatic N) is 1. The van der Waals surface area contributed by atoms with Gasteiger partial charge in [0.25, 0.3) is 0 Å². The summed E-state index contributed by atoms with van der Waals surface area (Å²) in [5, 5.41) is 0. The maximum atomic E-state index is 12.8. The number of carbonyl (C=O) groups excluding carboxylic acids is 1. The van der Waals surface area contributed by atoms with E-state index in [1.165, 1.54) is 18.2 Å². The molecule has 0 bridgehead atoms. The van der Waals surface area contributed by atoms with Gasteiger partial charge >= 0.3 is 12.3 Å². The largest absolute Gasteiger partial charge is 0.447 e. The molecule has 1 fully saturated rings. The lowest BCUT2D eigenvalue weighted by Crippen LogP contribution is -2.39. The van der Waals surface area contributed by atoms with Crippen molar-refractivity contribution in [2.75, 3.05) is 18.1 Å². The van der Waals surface area contributed by atoms with Crippen molar-refractivity contribution in [2.24, 2.45) is 5.73 Å². The molecule has 0 spiro atoms. The van der Waals surface area contributed by atoms with E-state index in [2.05, 4.69) is 0 Å². The van der Waals surface area contributed by atoms with Crippen LogP contribution in [-0.4, -0.2) is 25.3 Å². The number of hydrogen-bond donors (Lipinski definition) is 1. The number of hydrogen-bond acceptors (Lipinski definition) is 3. The lowest BCUT2D eigenvalue weighted by molar-refractivity contribution is -0.137. The Balaban J connectivity index is 2.47. The van der Waals surface area contributed by atoms with E-state index in [0.717, 1.165) is 11.0 Å². The molecule has 0 aromatic heterocycles. The molecular formula is C11H11F3N2O2. The van der Waals surface area contributed by atoms with Crippen LogP contribution in [0.15, 0.2) is 24.3 Å². The lowest BCUT2D eigenvalue weighted by atomic mass is 10.1. The van der Waals surface area contributed by atoms with Gasteiger partial charge in [-0.05, 0) is 12.1 Å². The first kappa shape index (κ1) is 12.7. The highest BCUT2D eigenvalue weighted by Gasteiger charge is 2.40. The summed E-state index contributed by atoms with van der Waals surface area (Å²) >= 11 is 0. The van der Waals surface area contributed by atoms with E-state index in [4.69, 9.17) is 10.5 Å². The topological polar surface area (TPSA) is 55.6 Å². The van der Waals surface area contributed by atoms with E-state index in [1.807, 2.05) is 0 Å². The van der Waals surface area contributed by atoms with Crippen molar-refractivity contribution >= 4 is 11.8 Å². The van der Waals surface area contributed by atoms with Crippen molar-refractivity contribution in [3.05, 3.63) is 29.8 Å². The highest BCUT2D eigenvalue weighted by atomic mass is 19.4. The first-order chi connectivity index (χ1) is 8.45. The number of amides is 1. The van der Waals surface area contributed by atoms with E-state index in [-0.39, 0.29) is 18.8 Å². The number of anilines is 1. The quantitative estimate of drug-likeness (QED) is 0.884. The summed E-state index contributed by atoms with van der Waals surface area (Å²) in [5.41, 5.74) is 4.34. The number of carbonyl (C=O) groups is 1. The summed E-state index contributed by atoms with van der Waals surface area (Å²) in [6.07, 6.45) is -5.33. The molecule has 1 heterocycles. The molecule has 1 aromatic rings. The molecule has 1 aliphatic heterocycles. The average Bonchev–Trinajstić information content (AvgIpc) is 2.69. The zero-order valence-corrected chi connectivity index (χ0v) is 9.28. The highest BCUT2D eigenvalue weighted by Crippen LogP contribution is 2.38. The fraction of sp³-hybridized carbons (Fsp3) is 0.364. The number of halogens is 3. The van der Waals surface area contributed by atoms with E-state index >= 15 is 0 Å². The van der Waals surface area contributed by atoms with Crippen LogP contribution in [0.5, 0.6) is 0 Å². The molecule has 0 radical (unpaired) electrons. The van der Waals surface area contributed by atoms with E-state index < -0.39 is 23.9 Å². The summed E-state index contributed by atoms with van der Waals surface area (Å²) < 4.78 is 43.3. The summed E-state index contributed by atoms with van der Waals surface area (Å²) in [7, 11) is 0. The zero-order valence-electron chi connectivity index (χ0n) is 9.28. The molecule has 1 aliphatic rings. The molecule has 2 N–H and O–H groups in total. The number of para-hydroxylation sites is 1. The predicted molar refractivity (Wildman–Crippen MR) is 58.1 cm³/mol. The van der Waals surface area contributed by atoms with Crippen LogP contribution >= 0.6 is 0 Å². The molecule has 1 atom stereocenters. The molecule has 0 saturated carbocycles. The average molecular weight is 260 g/mol. The Bertz CT molecular complexity index is 462. The second-order valence-corrected chi connectivity index (χ2v) is 3.85. The highest BCUT2D eigenvalue weighted by molar-refractivity contribution is 5.91. The van der Waals surface area contributed by atoms with Crippen molar-refractivity contribution in [3.8, 4) is 0 Å². The normalized spacial score (nSPS) is 20.1. The van der Waals surface area contributed by atoms with Gasteiger partial charge in [-0.15, -0.1) is 0 Å². The minimum Gasteiger partial charge on any atom is -0.447 e. The van der Waals surface area contributed by atoms with Crippen LogP contribution in [0.25, 0.3) is 0 Å². The molecule has 1 saturated heterocycles. The number of rotatable bonds is 2. The van der Waals surface area contributed by atoms with Crippen LogP contribution in [-0.2, 0) is 10.9 Å². The SMILES string of the molecule is NCC1COC(=O)N1c1ccccc1C(F)(F)F. The van der Waals surface area contributed by atoms with Gasteiger partial charge in [0, 0.05) is 6.54 Å². The second-order valence-electron chi connectivity index (χ2n) is 3.85. The third-order valence-corrected chi connectivity index (χ3v) is 2.70. The molecule has 1 aromatic carbocycles. The maximum Gasteiger partial charge on any atom is 0.418 e. The van der Waals surface area contributed by atoms with Crippen LogP contribution in [0, 0.1) is 0 Å². The van der Waals surface area contributed by atoms with E-state index in [0.29, 0.717) is 0 Å². The molecule has 0 aliphatic carbocycles. The number of ether oxygens (including phenoxy) is 1. The van der Waals surface area contributed by atoms with Crippen molar-refractivity contribution in [2.45, 2.75) is 12.2 Å². The monoisotopic (exact) mass is 260 g/mol. The molecule has 7 heteroatoms. The first-order valence-corrected chi connectivity index (χ1v) is 5.27. The Kier molecular flexibility index (Phi) is 3.16. The molecule has 18 heavy (non-hydrogen) atoms. The summed E-state index contributed by atoms with van der Waals surface area (Å²) in [6.45, 7) is 0.0411. The van der Waals surface area contributed by atoms with Crippen LogP contribution in [0.4, 0.5) is 23.7 Å². The van der Waals surface area contributed by atoms with Gasteiger partial charge in [0.1, 0.15) is 6.61 Å². The number of nitrogens with two attached hydrogens (primary N) is 1. The first-order valence-electron chi connectivity index (χ1n) is 5.27. The summed E-state index contributed by atoms with van der Waals surface area (Å²) in [6, 6.07) is 4.29. The molecular weight excluding hydrogens is 249 g/mol. The lowest BCUT2D eigenvalue weighted by Gasteiger charge is -2.23. The molecule has 1 unspecified atom stereocenters. The minimum atomic E-state index is -4.53. The minimum absolute atomic E-state index is 0.00151. The van der Waals surface area contributed by atoms with Gasteiger partial charge in [0.05, 0.1) is 17.3 Å². The number of alkyl halides is 3. The number of cyclic esters (lactones) is 1. The van der Waals surface area contributed by atoms with E-state index in [9.17, 15) is 18.0 Å². The van der Waals surface area contributed by atoms with Crippen LogP contribution < -0.4 is 10.6 Å². The zero-order chi connectivity index (χ0) is 13.3. The third kappa shape index (κ3) is 2.13. The second kappa shape index (κ2) is 4.49. The van der Waals surface area contributed by atoms with Gasteiger partial charge in [0.15, 0.2) is 0 Å². The van der Waals surface area contributed by atoms with Gasteiger partial charge in [0.2, 0.25) is 0 Å². The van der Waals surface area contributed by atoms with Gasteiger partial charge in [-0.3, -0.25) is 4.90 Å². The Labute approximate surface area is 101 Å². The molecule has 4 nitrogen and oxygen atoms in total. The summed E-state index contributed by atoms with van der Waals surface area (Å²) in [5.74, 6) is 0. The summed E-state index contributed by atoms with van der Waals surface area (Å²) in [4.78, 5) is 12.5. The van der Waals surface area contributed by atoms with Crippen molar-refractivity contribution in [1.82, 2.24) is 0 Å². The van der Waals surface area contributed by atoms with Gasteiger partial charge in [-0.2, -0.15) is 13.2 Å². The fourth-order valence-corrected chi connectivity index (χ4v) is 1.85.